The van der Waals surface area contributed by atoms with Gasteiger partial charge in [0.15, 0.2) is 5.65 Å². The number of anilines is 1. The van der Waals surface area contributed by atoms with Crippen molar-refractivity contribution in [1.29, 1.82) is 0 Å². The molecule has 0 atom stereocenters. The van der Waals surface area contributed by atoms with Crippen LogP contribution in [-0.2, 0) is 4.74 Å². The summed E-state index contributed by atoms with van der Waals surface area (Å²) in [4.78, 5) is 16.5. The van der Waals surface area contributed by atoms with Crippen molar-refractivity contribution in [2.24, 2.45) is 0 Å². The third-order valence-electron chi connectivity index (χ3n) is 4.52. The normalized spacial score (nSPS) is 15.8. The number of nitrogens with zero attached hydrogens (tertiary/aromatic N) is 5. The lowest BCUT2D eigenvalue weighted by Crippen LogP contribution is -2.28. The molecule has 8 heteroatoms. The largest absolute Gasteiger partial charge is 0.381 e. The Morgan fingerprint density at radius 2 is 2.12 bits per heavy atom. The molecular formula is C17H17N7O. The molecule has 0 aromatic carbocycles. The first-order valence-electron chi connectivity index (χ1n) is 8.36. The summed E-state index contributed by atoms with van der Waals surface area (Å²) < 4.78 is 7.14. The highest BCUT2D eigenvalue weighted by molar-refractivity contribution is 5.92. The first-order chi connectivity index (χ1) is 12.4. The summed E-state index contributed by atoms with van der Waals surface area (Å²) in [5, 5.41) is 8.93. The number of H-pyrrole nitrogens is 1. The molecule has 0 saturated carbocycles. The third-order valence-corrected chi connectivity index (χ3v) is 4.52. The van der Waals surface area contributed by atoms with Gasteiger partial charge in [-0.25, -0.2) is 14.5 Å². The number of hydrogen-bond acceptors (Lipinski definition) is 6. The van der Waals surface area contributed by atoms with Gasteiger partial charge in [0.05, 0.1) is 5.69 Å². The Bertz CT molecular complexity index is 1030. The van der Waals surface area contributed by atoms with Gasteiger partial charge >= 0.3 is 0 Å². The summed E-state index contributed by atoms with van der Waals surface area (Å²) in [6.45, 7) is 1.57. The van der Waals surface area contributed by atoms with Gasteiger partial charge in [-0.1, -0.05) is 0 Å². The third kappa shape index (κ3) is 2.60. The van der Waals surface area contributed by atoms with Gasteiger partial charge in [-0.3, -0.25) is 0 Å². The lowest BCUT2D eigenvalue weighted by Gasteiger charge is -2.22. The molecule has 5 rings (SSSR count). The number of aromatic amines is 1. The fraction of sp³-hybridized carbons (Fsp3) is 0.294. The number of fused-ring (bicyclic) bond motifs is 2. The average molecular weight is 335 g/mol. The molecule has 4 aromatic heterocycles. The summed E-state index contributed by atoms with van der Waals surface area (Å²) in [6, 6.07) is 4.27. The van der Waals surface area contributed by atoms with Gasteiger partial charge in [0, 0.05) is 55.0 Å². The van der Waals surface area contributed by atoms with E-state index in [1.165, 1.54) is 0 Å². The van der Waals surface area contributed by atoms with Crippen molar-refractivity contribution in [3.8, 4) is 11.3 Å². The van der Waals surface area contributed by atoms with E-state index in [1.54, 1.807) is 10.7 Å². The molecule has 1 aliphatic rings. The van der Waals surface area contributed by atoms with E-state index in [0.717, 1.165) is 54.0 Å². The predicted octanol–water partition coefficient (Wildman–Crippen LogP) is 2.26. The van der Waals surface area contributed by atoms with Crippen LogP contribution in [0, 0.1) is 0 Å². The summed E-state index contributed by atoms with van der Waals surface area (Å²) in [5.74, 6) is 0.644. The van der Waals surface area contributed by atoms with Gasteiger partial charge in [-0.2, -0.15) is 10.1 Å². The summed E-state index contributed by atoms with van der Waals surface area (Å²) in [6.07, 6.45) is 9.29. The van der Waals surface area contributed by atoms with Crippen LogP contribution in [0.25, 0.3) is 27.9 Å². The molecule has 4 aromatic rings. The van der Waals surface area contributed by atoms with Crippen molar-refractivity contribution in [1.82, 2.24) is 29.5 Å². The summed E-state index contributed by atoms with van der Waals surface area (Å²) in [7, 11) is 0. The van der Waals surface area contributed by atoms with Crippen molar-refractivity contribution in [2.75, 3.05) is 18.5 Å². The topological polar surface area (TPSA) is 93.0 Å². The van der Waals surface area contributed by atoms with E-state index >= 15 is 0 Å². The van der Waals surface area contributed by atoms with E-state index in [9.17, 15) is 0 Å². The first kappa shape index (κ1) is 14.4. The van der Waals surface area contributed by atoms with Crippen LogP contribution in [0.1, 0.15) is 12.8 Å². The van der Waals surface area contributed by atoms with Crippen molar-refractivity contribution in [2.45, 2.75) is 18.9 Å². The van der Waals surface area contributed by atoms with Crippen molar-refractivity contribution in [3.63, 3.8) is 0 Å². The smallest absolute Gasteiger partial charge is 0.224 e. The molecule has 0 bridgehead atoms. The molecule has 0 unspecified atom stereocenters. The molecule has 25 heavy (non-hydrogen) atoms. The van der Waals surface area contributed by atoms with Crippen LogP contribution in [-0.4, -0.2) is 48.8 Å². The Balaban J connectivity index is 1.48. The number of imidazole rings is 1. The van der Waals surface area contributed by atoms with Crippen LogP contribution >= 0.6 is 0 Å². The zero-order chi connectivity index (χ0) is 16.6. The van der Waals surface area contributed by atoms with E-state index in [0.29, 0.717) is 12.0 Å². The highest BCUT2D eigenvalue weighted by atomic mass is 16.5. The van der Waals surface area contributed by atoms with Crippen molar-refractivity contribution >= 4 is 22.6 Å². The molecule has 8 nitrogen and oxygen atoms in total. The maximum Gasteiger partial charge on any atom is 0.224 e. The minimum absolute atomic E-state index is 0.367. The molecular weight excluding hydrogens is 318 g/mol. The maximum absolute atomic E-state index is 5.38. The number of rotatable bonds is 3. The van der Waals surface area contributed by atoms with Gasteiger partial charge in [0.25, 0.3) is 0 Å². The SMILES string of the molecule is c1cn2nc(-c3c[nH]c4nc(NC5CCOCC5)ncc34)ccc2n1. The standard InChI is InChI=1S/C17H17N7O/c1-2-15-18-5-6-24(15)23-14(1)12-9-19-16-13(12)10-20-17(22-16)21-11-3-7-25-8-4-11/h1-2,5-6,9-11H,3-4,7-8H2,(H2,19,20,21,22). The molecule has 0 spiro atoms. The quantitative estimate of drug-likeness (QED) is 0.596. The Morgan fingerprint density at radius 3 is 3.04 bits per heavy atom. The van der Waals surface area contributed by atoms with E-state index in [-0.39, 0.29) is 0 Å². The minimum atomic E-state index is 0.367. The van der Waals surface area contributed by atoms with Crippen LogP contribution < -0.4 is 5.32 Å². The van der Waals surface area contributed by atoms with Crippen LogP contribution in [0.15, 0.2) is 36.9 Å². The molecule has 0 radical (unpaired) electrons. The van der Waals surface area contributed by atoms with E-state index in [2.05, 4.69) is 30.4 Å². The Kier molecular flexibility index (Phi) is 3.34. The molecule has 2 N–H and O–H groups in total. The zero-order valence-electron chi connectivity index (χ0n) is 13.5. The molecule has 0 amide bonds. The summed E-state index contributed by atoms with van der Waals surface area (Å²) >= 11 is 0. The van der Waals surface area contributed by atoms with Crippen LogP contribution in [0.4, 0.5) is 5.95 Å². The molecule has 1 aliphatic heterocycles. The fourth-order valence-corrected chi connectivity index (χ4v) is 3.17. The van der Waals surface area contributed by atoms with E-state index in [1.807, 2.05) is 30.7 Å². The van der Waals surface area contributed by atoms with Crippen molar-refractivity contribution < 1.29 is 4.74 Å². The maximum atomic E-state index is 5.38. The van der Waals surface area contributed by atoms with Gasteiger partial charge in [-0.05, 0) is 25.0 Å². The minimum Gasteiger partial charge on any atom is -0.381 e. The zero-order valence-corrected chi connectivity index (χ0v) is 13.5. The Hall–Kier alpha value is -3.00. The number of nitrogens with one attached hydrogen (secondary N) is 2. The number of ether oxygens (including phenoxy) is 1. The molecule has 5 heterocycles. The van der Waals surface area contributed by atoms with Gasteiger partial charge < -0.3 is 15.0 Å². The Labute approximate surface area is 143 Å². The molecule has 126 valence electrons. The lowest BCUT2D eigenvalue weighted by atomic mass is 10.1. The van der Waals surface area contributed by atoms with E-state index < -0.39 is 0 Å². The van der Waals surface area contributed by atoms with Crippen LogP contribution in [0.2, 0.25) is 0 Å². The van der Waals surface area contributed by atoms with Crippen LogP contribution in [0.5, 0.6) is 0 Å². The van der Waals surface area contributed by atoms with Crippen LogP contribution in [0.3, 0.4) is 0 Å². The first-order valence-corrected chi connectivity index (χ1v) is 8.36. The molecule has 1 saturated heterocycles. The highest BCUT2D eigenvalue weighted by Gasteiger charge is 2.16. The predicted molar refractivity (Wildman–Crippen MR) is 93.3 cm³/mol. The number of hydrogen-bond donors (Lipinski definition) is 2. The van der Waals surface area contributed by atoms with Crippen molar-refractivity contribution in [3.05, 3.63) is 36.9 Å². The second-order valence-electron chi connectivity index (χ2n) is 6.14. The lowest BCUT2D eigenvalue weighted by molar-refractivity contribution is 0.0903. The average Bonchev–Trinajstić information content (AvgIpc) is 3.28. The summed E-state index contributed by atoms with van der Waals surface area (Å²) in [5.41, 5.74) is 3.45. The van der Waals surface area contributed by atoms with Gasteiger partial charge in [0.2, 0.25) is 5.95 Å². The van der Waals surface area contributed by atoms with E-state index in [4.69, 9.17) is 4.74 Å². The number of aromatic nitrogens is 6. The highest BCUT2D eigenvalue weighted by Crippen LogP contribution is 2.26. The Morgan fingerprint density at radius 1 is 1.20 bits per heavy atom. The second-order valence-corrected chi connectivity index (χ2v) is 6.14. The van der Waals surface area contributed by atoms with Gasteiger partial charge in [0.1, 0.15) is 5.65 Å². The molecule has 1 fully saturated rings. The molecule has 0 aliphatic carbocycles. The fourth-order valence-electron chi connectivity index (χ4n) is 3.17. The monoisotopic (exact) mass is 335 g/mol. The van der Waals surface area contributed by atoms with Gasteiger partial charge in [-0.15, -0.1) is 0 Å². The second kappa shape index (κ2) is 5.82.